The number of rotatable bonds is 1. The molecule has 0 aliphatic rings. The van der Waals surface area contributed by atoms with Crippen LogP contribution in [0.2, 0.25) is 0 Å². The summed E-state index contributed by atoms with van der Waals surface area (Å²) >= 11 is 5.04. The number of thiocarbonyl (C=S) groups is 1. The van der Waals surface area contributed by atoms with Crippen molar-refractivity contribution < 1.29 is 0 Å². The van der Waals surface area contributed by atoms with Crippen molar-refractivity contribution in [2.24, 2.45) is 5.73 Å². The minimum Gasteiger partial charge on any atom is -0.389 e. The van der Waals surface area contributed by atoms with Crippen LogP contribution in [0.4, 0.5) is 0 Å². The fourth-order valence-electron chi connectivity index (χ4n) is 1.68. The van der Waals surface area contributed by atoms with E-state index < -0.39 is 0 Å². The van der Waals surface area contributed by atoms with Crippen molar-refractivity contribution in [3.05, 3.63) is 41.1 Å². The molecule has 0 bridgehead atoms. The van der Waals surface area contributed by atoms with Crippen molar-refractivity contribution in [2.45, 2.75) is 13.8 Å². The van der Waals surface area contributed by atoms with E-state index >= 15 is 0 Å². The maximum Gasteiger partial charge on any atom is 0.104 e. The molecule has 1 aromatic heterocycles. The second-order valence-corrected chi connectivity index (χ2v) is 4.14. The Morgan fingerprint density at radius 1 is 1.27 bits per heavy atom. The molecule has 0 fully saturated rings. The molecule has 3 heteroatoms. The molecule has 0 radical (unpaired) electrons. The Bertz CT molecular complexity index is 547. The Kier molecular flexibility index (Phi) is 2.40. The van der Waals surface area contributed by atoms with Crippen LogP contribution in [-0.4, -0.2) is 9.97 Å². The Morgan fingerprint density at radius 3 is 2.67 bits per heavy atom. The summed E-state index contributed by atoms with van der Waals surface area (Å²) in [6.45, 7) is 3.99. The fraction of sp³-hybridized carbons (Fsp3) is 0.167. The Labute approximate surface area is 94.1 Å². The van der Waals surface area contributed by atoms with Crippen LogP contribution >= 0.6 is 12.2 Å². The Balaban J connectivity index is 2.87. The lowest BCUT2D eigenvalue weighted by Gasteiger charge is -2.06. The van der Waals surface area contributed by atoms with Crippen molar-refractivity contribution in [1.82, 2.24) is 4.98 Å². The number of aryl methyl sites for hydroxylation is 2. The maximum atomic E-state index is 5.70. The highest BCUT2D eigenvalue weighted by molar-refractivity contribution is 7.80. The van der Waals surface area contributed by atoms with Crippen LogP contribution in [-0.2, 0) is 0 Å². The third kappa shape index (κ3) is 1.83. The van der Waals surface area contributed by atoms with Crippen LogP contribution in [0.15, 0.2) is 24.3 Å². The molecule has 2 nitrogen and oxygen atoms in total. The van der Waals surface area contributed by atoms with Crippen LogP contribution in [0, 0.1) is 13.8 Å². The van der Waals surface area contributed by atoms with E-state index in [2.05, 4.69) is 11.1 Å². The molecule has 2 rings (SSSR count). The van der Waals surface area contributed by atoms with Gasteiger partial charge in [-0.05, 0) is 32.0 Å². The van der Waals surface area contributed by atoms with E-state index in [0.717, 1.165) is 22.2 Å². The van der Waals surface area contributed by atoms with Crippen LogP contribution < -0.4 is 5.73 Å². The van der Waals surface area contributed by atoms with Crippen LogP contribution in [0.5, 0.6) is 0 Å². The zero-order valence-electron chi connectivity index (χ0n) is 8.74. The number of nitrogens with zero attached hydrogens (tertiary/aromatic N) is 1. The maximum absolute atomic E-state index is 5.70. The van der Waals surface area contributed by atoms with Gasteiger partial charge >= 0.3 is 0 Å². The lowest BCUT2D eigenvalue weighted by Crippen LogP contribution is -2.10. The van der Waals surface area contributed by atoms with E-state index in [1.54, 1.807) is 0 Å². The first kappa shape index (κ1) is 10.1. The van der Waals surface area contributed by atoms with Crippen molar-refractivity contribution in [2.75, 3.05) is 0 Å². The van der Waals surface area contributed by atoms with E-state index in [4.69, 9.17) is 18.0 Å². The second kappa shape index (κ2) is 3.59. The minimum absolute atomic E-state index is 0.427. The van der Waals surface area contributed by atoms with Gasteiger partial charge in [-0.2, -0.15) is 0 Å². The van der Waals surface area contributed by atoms with Gasteiger partial charge in [0.15, 0.2) is 0 Å². The predicted molar refractivity (Wildman–Crippen MR) is 67.1 cm³/mol. The number of nitrogens with two attached hydrogens (primary N) is 1. The highest BCUT2D eigenvalue weighted by Gasteiger charge is 2.06. The van der Waals surface area contributed by atoms with Gasteiger partial charge in [0.1, 0.15) is 4.99 Å². The van der Waals surface area contributed by atoms with E-state index in [9.17, 15) is 0 Å². The molecule has 2 aromatic rings. The summed E-state index contributed by atoms with van der Waals surface area (Å²) in [5.41, 5.74) is 9.69. The Hall–Kier alpha value is -1.48. The van der Waals surface area contributed by atoms with Gasteiger partial charge in [0.25, 0.3) is 0 Å². The molecule has 0 saturated carbocycles. The number of aromatic nitrogens is 1. The van der Waals surface area contributed by atoms with Crippen LogP contribution in [0.3, 0.4) is 0 Å². The molecule has 1 heterocycles. The van der Waals surface area contributed by atoms with Crippen molar-refractivity contribution in [1.29, 1.82) is 0 Å². The summed E-state index contributed by atoms with van der Waals surface area (Å²) in [4.78, 5) is 4.87. The van der Waals surface area contributed by atoms with Crippen molar-refractivity contribution in [3.63, 3.8) is 0 Å². The summed E-state index contributed by atoms with van der Waals surface area (Å²) < 4.78 is 0. The summed E-state index contributed by atoms with van der Waals surface area (Å²) in [6.07, 6.45) is 0. The quantitative estimate of drug-likeness (QED) is 0.744. The van der Waals surface area contributed by atoms with Gasteiger partial charge in [0, 0.05) is 16.6 Å². The molecule has 0 amide bonds. The fourth-order valence-corrected chi connectivity index (χ4v) is 1.84. The molecule has 0 unspecified atom stereocenters. The highest BCUT2D eigenvalue weighted by Crippen LogP contribution is 2.19. The first-order valence-electron chi connectivity index (χ1n) is 4.76. The summed E-state index contributed by atoms with van der Waals surface area (Å²) in [5, 5.41) is 1.04. The third-order valence-corrected chi connectivity index (χ3v) is 2.58. The standard InChI is InChI=1S/C12H12N2S/c1-7-3-4-11-9(5-7)10(12(13)15)6-8(2)14-11/h3-6H,1-2H3,(H2,13,15). The van der Waals surface area contributed by atoms with E-state index in [1.165, 1.54) is 5.56 Å². The van der Waals surface area contributed by atoms with Crippen LogP contribution in [0.25, 0.3) is 10.9 Å². The van der Waals surface area contributed by atoms with Crippen molar-refractivity contribution >= 4 is 28.1 Å². The molecular weight excluding hydrogens is 204 g/mol. The van der Waals surface area contributed by atoms with Gasteiger partial charge in [-0.15, -0.1) is 0 Å². The van der Waals surface area contributed by atoms with Gasteiger partial charge in [-0.25, -0.2) is 0 Å². The van der Waals surface area contributed by atoms with Gasteiger partial charge in [0.05, 0.1) is 5.52 Å². The lowest BCUT2D eigenvalue weighted by atomic mass is 10.1. The summed E-state index contributed by atoms with van der Waals surface area (Å²) in [5.74, 6) is 0. The van der Waals surface area contributed by atoms with Gasteiger partial charge in [-0.1, -0.05) is 23.8 Å². The highest BCUT2D eigenvalue weighted by atomic mass is 32.1. The van der Waals surface area contributed by atoms with Crippen molar-refractivity contribution in [3.8, 4) is 0 Å². The van der Waals surface area contributed by atoms with Gasteiger partial charge < -0.3 is 5.73 Å². The van der Waals surface area contributed by atoms with Gasteiger partial charge in [-0.3, -0.25) is 4.98 Å². The number of fused-ring (bicyclic) bond motifs is 1. The lowest BCUT2D eigenvalue weighted by molar-refractivity contribution is 1.25. The Morgan fingerprint density at radius 2 is 2.00 bits per heavy atom. The normalized spacial score (nSPS) is 10.5. The summed E-state index contributed by atoms with van der Waals surface area (Å²) in [6, 6.07) is 8.04. The molecule has 1 aromatic carbocycles. The SMILES string of the molecule is Cc1ccc2nc(C)cc(C(N)=S)c2c1. The molecule has 0 atom stereocenters. The molecule has 15 heavy (non-hydrogen) atoms. The zero-order valence-corrected chi connectivity index (χ0v) is 9.56. The van der Waals surface area contributed by atoms with Gasteiger partial charge in [0.2, 0.25) is 0 Å². The zero-order chi connectivity index (χ0) is 11.0. The first-order valence-corrected chi connectivity index (χ1v) is 5.16. The molecular formula is C12H12N2S. The largest absolute Gasteiger partial charge is 0.389 e. The number of pyridine rings is 1. The number of hydrogen-bond acceptors (Lipinski definition) is 2. The molecule has 2 N–H and O–H groups in total. The monoisotopic (exact) mass is 216 g/mol. The van der Waals surface area contributed by atoms with E-state index in [0.29, 0.717) is 4.99 Å². The average molecular weight is 216 g/mol. The number of benzene rings is 1. The first-order chi connectivity index (χ1) is 7.08. The third-order valence-electron chi connectivity index (χ3n) is 2.36. The second-order valence-electron chi connectivity index (χ2n) is 3.70. The predicted octanol–water partition coefficient (Wildman–Crippen LogP) is 2.49. The van der Waals surface area contributed by atoms with E-state index in [1.807, 2.05) is 32.0 Å². The number of hydrogen-bond donors (Lipinski definition) is 1. The van der Waals surface area contributed by atoms with Crippen LogP contribution in [0.1, 0.15) is 16.8 Å². The summed E-state index contributed by atoms with van der Waals surface area (Å²) in [7, 11) is 0. The average Bonchev–Trinajstić information content (AvgIpc) is 2.17. The molecule has 0 spiro atoms. The van der Waals surface area contributed by atoms with E-state index in [-0.39, 0.29) is 0 Å². The molecule has 0 aliphatic carbocycles. The molecule has 0 saturated heterocycles. The smallest absolute Gasteiger partial charge is 0.104 e. The molecule has 0 aliphatic heterocycles. The molecule has 76 valence electrons. The minimum atomic E-state index is 0.427. The topological polar surface area (TPSA) is 38.9 Å².